The quantitative estimate of drug-likeness (QED) is 0.782. The topological polar surface area (TPSA) is 103 Å². The zero-order chi connectivity index (χ0) is 20.3. The monoisotopic (exact) mass is 387 g/mol. The number of H-pyrrole nitrogens is 1. The van der Waals surface area contributed by atoms with E-state index in [1.165, 1.54) is 4.90 Å². The summed E-state index contributed by atoms with van der Waals surface area (Å²) in [6.07, 6.45) is 3.20. The molecule has 8 nitrogen and oxygen atoms in total. The average Bonchev–Trinajstić information content (AvgIpc) is 3.09. The second kappa shape index (κ2) is 8.33. The number of fused-ring (bicyclic) bond motifs is 1. The van der Waals surface area contributed by atoms with Crippen LogP contribution in [0, 0.1) is 5.92 Å². The molecule has 1 aliphatic heterocycles. The normalized spacial score (nSPS) is 16.8. The molecule has 28 heavy (non-hydrogen) atoms. The van der Waals surface area contributed by atoms with E-state index >= 15 is 0 Å². The second-order valence-corrected chi connectivity index (χ2v) is 7.17. The SMILES string of the molecule is COc1ccc2[nH]cc(CC(=O)N(C)CC(=O)N3CCCC(C(=O)O)C3)c2c1. The van der Waals surface area contributed by atoms with Crippen molar-refractivity contribution in [2.24, 2.45) is 5.92 Å². The second-order valence-electron chi connectivity index (χ2n) is 7.17. The van der Waals surface area contributed by atoms with Crippen molar-refractivity contribution in [1.29, 1.82) is 0 Å². The lowest BCUT2D eigenvalue weighted by atomic mass is 9.98. The van der Waals surface area contributed by atoms with Gasteiger partial charge < -0.3 is 24.6 Å². The molecule has 2 N–H and O–H groups in total. The van der Waals surface area contributed by atoms with Gasteiger partial charge in [-0.05, 0) is 36.6 Å². The number of aromatic amines is 1. The molecular weight excluding hydrogens is 362 g/mol. The van der Waals surface area contributed by atoms with Gasteiger partial charge in [0.05, 0.1) is 26.0 Å². The van der Waals surface area contributed by atoms with Gasteiger partial charge in [-0.3, -0.25) is 14.4 Å². The van der Waals surface area contributed by atoms with Crippen LogP contribution < -0.4 is 4.74 Å². The lowest BCUT2D eigenvalue weighted by molar-refractivity contribution is -0.147. The number of ether oxygens (including phenoxy) is 1. The fourth-order valence-corrected chi connectivity index (χ4v) is 3.52. The molecule has 2 amide bonds. The van der Waals surface area contributed by atoms with Crippen LogP contribution in [0.4, 0.5) is 0 Å². The molecule has 2 heterocycles. The number of benzene rings is 1. The molecule has 0 radical (unpaired) electrons. The lowest BCUT2D eigenvalue weighted by Gasteiger charge is -2.32. The van der Waals surface area contributed by atoms with Crippen LogP contribution in [0.25, 0.3) is 10.9 Å². The maximum Gasteiger partial charge on any atom is 0.308 e. The number of carboxylic acid groups (broad SMARTS) is 1. The van der Waals surface area contributed by atoms with E-state index in [0.29, 0.717) is 25.1 Å². The summed E-state index contributed by atoms with van der Waals surface area (Å²) < 4.78 is 5.24. The maximum absolute atomic E-state index is 12.6. The largest absolute Gasteiger partial charge is 0.497 e. The first-order valence-corrected chi connectivity index (χ1v) is 9.27. The number of methoxy groups -OCH3 is 1. The van der Waals surface area contributed by atoms with Gasteiger partial charge in [0, 0.05) is 37.2 Å². The molecule has 150 valence electrons. The molecule has 1 saturated heterocycles. The molecule has 1 unspecified atom stereocenters. The number of aliphatic carboxylic acids is 1. The highest BCUT2D eigenvalue weighted by Gasteiger charge is 2.29. The summed E-state index contributed by atoms with van der Waals surface area (Å²) in [5.74, 6) is -1.09. The number of likely N-dealkylation sites (tertiary alicyclic amines) is 1. The Hall–Kier alpha value is -3.03. The van der Waals surface area contributed by atoms with Gasteiger partial charge in [-0.2, -0.15) is 0 Å². The maximum atomic E-state index is 12.6. The Morgan fingerprint density at radius 1 is 1.36 bits per heavy atom. The predicted molar refractivity (Wildman–Crippen MR) is 103 cm³/mol. The predicted octanol–water partition coefficient (Wildman–Crippen LogP) is 1.50. The third kappa shape index (κ3) is 4.27. The van der Waals surface area contributed by atoms with Crippen molar-refractivity contribution in [1.82, 2.24) is 14.8 Å². The molecular formula is C20H25N3O5. The van der Waals surface area contributed by atoms with E-state index in [0.717, 1.165) is 16.5 Å². The van der Waals surface area contributed by atoms with E-state index in [9.17, 15) is 14.4 Å². The van der Waals surface area contributed by atoms with Crippen LogP contribution in [-0.4, -0.2) is 71.5 Å². The van der Waals surface area contributed by atoms with Gasteiger partial charge in [0.1, 0.15) is 5.75 Å². The van der Waals surface area contributed by atoms with E-state index in [2.05, 4.69) is 4.98 Å². The molecule has 1 aliphatic rings. The van der Waals surface area contributed by atoms with Gasteiger partial charge in [0.25, 0.3) is 0 Å². The fraction of sp³-hybridized carbons (Fsp3) is 0.450. The van der Waals surface area contributed by atoms with Crippen LogP contribution in [0.5, 0.6) is 5.75 Å². The third-order valence-electron chi connectivity index (χ3n) is 5.24. The highest BCUT2D eigenvalue weighted by molar-refractivity contribution is 5.91. The highest BCUT2D eigenvalue weighted by Crippen LogP contribution is 2.24. The van der Waals surface area contributed by atoms with Crippen molar-refractivity contribution in [2.45, 2.75) is 19.3 Å². The van der Waals surface area contributed by atoms with Crippen molar-refractivity contribution >= 4 is 28.7 Å². The minimum absolute atomic E-state index is 0.0587. The number of amides is 2. The molecule has 8 heteroatoms. The third-order valence-corrected chi connectivity index (χ3v) is 5.24. The summed E-state index contributed by atoms with van der Waals surface area (Å²) in [7, 11) is 3.18. The van der Waals surface area contributed by atoms with Crippen LogP contribution in [0.1, 0.15) is 18.4 Å². The molecule has 1 aromatic carbocycles. The summed E-state index contributed by atoms with van der Waals surface area (Å²) in [5, 5.41) is 10.1. The zero-order valence-corrected chi connectivity index (χ0v) is 16.1. The number of hydrogen-bond donors (Lipinski definition) is 2. The Balaban J connectivity index is 1.62. The van der Waals surface area contributed by atoms with Crippen LogP contribution in [0.15, 0.2) is 24.4 Å². The summed E-state index contributed by atoms with van der Waals surface area (Å²) in [4.78, 5) is 42.4. The number of rotatable bonds is 6. The van der Waals surface area contributed by atoms with E-state index in [1.54, 1.807) is 25.3 Å². The van der Waals surface area contributed by atoms with Gasteiger partial charge in [-0.1, -0.05) is 0 Å². The smallest absolute Gasteiger partial charge is 0.308 e. The fourth-order valence-electron chi connectivity index (χ4n) is 3.52. The molecule has 1 atom stereocenters. The van der Waals surface area contributed by atoms with Gasteiger partial charge >= 0.3 is 5.97 Å². The van der Waals surface area contributed by atoms with E-state index in [-0.39, 0.29) is 31.3 Å². The number of piperidine rings is 1. The molecule has 1 aromatic heterocycles. The first-order valence-electron chi connectivity index (χ1n) is 9.27. The first-order chi connectivity index (χ1) is 13.4. The van der Waals surface area contributed by atoms with Crippen molar-refractivity contribution in [3.05, 3.63) is 30.0 Å². The van der Waals surface area contributed by atoms with Gasteiger partial charge in [-0.15, -0.1) is 0 Å². The number of aromatic nitrogens is 1. The zero-order valence-electron chi connectivity index (χ0n) is 16.1. The number of carbonyl (C=O) groups excluding carboxylic acids is 2. The Morgan fingerprint density at radius 2 is 2.14 bits per heavy atom. The highest BCUT2D eigenvalue weighted by atomic mass is 16.5. The summed E-state index contributed by atoms with van der Waals surface area (Å²) >= 11 is 0. The van der Waals surface area contributed by atoms with Crippen molar-refractivity contribution in [3.8, 4) is 5.75 Å². The minimum atomic E-state index is -0.878. The van der Waals surface area contributed by atoms with E-state index < -0.39 is 11.9 Å². The lowest BCUT2D eigenvalue weighted by Crippen LogP contribution is -2.47. The molecule has 0 bridgehead atoms. The van der Waals surface area contributed by atoms with Crippen molar-refractivity contribution in [2.75, 3.05) is 33.8 Å². The summed E-state index contributed by atoms with van der Waals surface area (Å²) in [6.45, 7) is 0.683. The van der Waals surface area contributed by atoms with E-state index in [4.69, 9.17) is 9.84 Å². The van der Waals surface area contributed by atoms with E-state index in [1.807, 2.05) is 18.2 Å². The number of nitrogens with one attached hydrogen (secondary N) is 1. The van der Waals surface area contributed by atoms with Gasteiger partial charge in [0.2, 0.25) is 11.8 Å². The minimum Gasteiger partial charge on any atom is -0.497 e. The molecule has 0 spiro atoms. The standard InChI is InChI=1S/C20H25N3O5/c1-22(12-19(25)23-7-3-4-13(11-23)20(26)27)18(24)8-14-10-21-17-6-5-15(28-2)9-16(14)17/h5-6,9-10,13,21H,3-4,7-8,11-12H2,1-2H3,(H,26,27). The Morgan fingerprint density at radius 3 is 2.86 bits per heavy atom. The summed E-state index contributed by atoms with van der Waals surface area (Å²) in [5.41, 5.74) is 1.75. The number of nitrogens with zero attached hydrogens (tertiary/aromatic N) is 2. The van der Waals surface area contributed by atoms with Gasteiger partial charge in [0.15, 0.2) is 0 Å². The van der Waals surface area contributed by atoms with Crippen LogP contribution in [0.2, 0.25) is 0 Å². The average molecular weight is 387 g/mol. The molecule has 0 saturated carbocycles. The number of carbonyl (C=O) groups is 3. The number of likely N-dealkylation sites (N-methyl/N-ethyl adjacent to an activating group) is 1. The Bertz CT molecular complexity index is 891. The Kier molecular flexibility index (Phi) is 5.87. The van der Waals surface area contributed by atoms with Crippen LogP contribution >= 0.6 is 0 Å². The van der Waals surface area contributed by atoms with Crippen molar-refractivity contribution < 1.29 is 24.2 Å². The summed E-state index contributed by atoms with van der Waals surface area (Å²) in [6, 6.07) is 5.61. The van der Waals surface area contributed by atoms with Gasteiger partial charge in [-0.25, -0.2) is 0 Å². The number of hydrogen-bond acceptors (Lipinski definition) is 4. The van der Waals surface area contributed by atoms with Crippen molar-refractivity contribution in [3.63, 3.8) is 0 Å². The van der Waals surface area contributed by atoms with Crippen LogP contribution in [0.3, 0.4) is 0 Å². The first kappa shape index (κ1) is 19.7. The molecule has 3 rings (SSSR count). The molecule has 0 aliphatic carbocycles. The number of carboxylic acids is 1. The Labute approximate surface area is 163 Å². The molecule has 1 fully saturated rings. The molecule has 2 aromatic rings. The van der Waals surface area contributed by atoms with Crippen LogP contribution in [-0.2, 0) is 20.8 Å².